The predicted molar refractivity (Wildman–Crippen MR) is 85.8 cm³/mol. The van der Waals surface area contributed by atoms with Gasteiger partial charge < -0.3 is 10.5 Å². The van der Waals surface area contributed by atoms with E-state index in [1.165, 1.54) is 6.20 Å². The molecule has 0 saturated heterocycles. The molecule has 0 bridgehead atoms. The minimum Gasteiger partial charge on any atom is -0.618 e. The largest absolute Gasteiger partial charge is 0.618 e. The van der Waals surface area contributed by atoms with E-state index in [9.17, 15) is 10.0 Å². The van der Waals surface area contributed by atoms with Crippen LogP contribution in [0.3, 0.4) is 0 Å². The second-order valence-corrected chi connectivity index (χ2v) is 6.39. The van der Waals surface area contributed by atoms with Crippen molar-refractivity contribution in [1.29, 1.82) is 0 Å². The Labute approximate surface area is 136 Å². The Hall–Kier alpha value is -1.43. The number of pyridine rings is 1. The number of halogens is 2. The Balaban J connectivity index is 2.08. The van der Waals surface area contributed by atoms with Gasteiger partial charge in [0.15, 0.2) is 6.20 Å². The summed E-state index contributed by atoms with van der Waals surface area (Å²) in [5.74, 6) is -0.279. The van der Waals surface area contributed by atoms with Gasteiger partial charge in [-0.25, -0.2) is 0 Å². The molecule has 1 aromatic carbocycles. The molecule has 1 amide bonds. The second-order valence-electron chi connectivity index (χ2n) is 4.21. The van der Waals surface area contributed by atoms with Gasteiger partial charge >= 0.3 is 0 Å². The summed E-state index contributed by atoms with van der Waals surface area (Å²) in [6.07, 6.45) is 1.39. The minimum absolute atomic E-state index is 0.279. The highest BCUT2D eigenvalue weighted by Gasteiger charge is 2.20. The topological polar surface area (TPSA) is 56.0 Å². The summed E-state index contributed by atoms with van der Waals surface area (Å²) in [5, 5.41) is 15.0. The molecule has 1 N–H and O–H groups in total. The lowest BCUT2D eigenvalue weighted by Crippen LogP contribution is -2.30. The number of carbonyl (C=O) groups is 1. The SMILES string of the molecule is C[C@H](Sc1cccc[n+]1[O-])C(=O)Nc1c(Cl)cccc1Cl. The molecular formula is C14H12Cl2N2O2S. The molecule has 0 spiro atoms. The van der Waals surface area contributed by atoms with Gasteiger partial charge in [0, 0.05) is 12.1 Å². The van der Waals surface area contributed by atoms with Gasteiger partial charge in [0.05, 0.1) is 21.0 Å². The highest BCUT2D eigenvalue weighted by molar-refractivity contribution is 8.00. The lowest BCUT2D eigenvalue weighted by molar-refractivity contribution is -0.645. The van der Waals surface area contributed by atoms with Gasteiger partial charge in [0.1, 0.15) is 0 Å². The fourth-order valence-corrected chi connectivity index (χ4v) is 2.92. The summed E-state index contributed by atoms with van der Waals surface area (Å²) < 4.78 is 0.719. The van der Waals surface area contributed by atoms with Gasteiger partial charge in [0.25, 0.3) is 5.03 Å². The molecule has 7 heteroatoms. The van der Waals surface area contributed by atoms with E-state index < -0.39 is 5.25 Å². The number of hydrogen-bond donors (Lipinski definition) is 1. The molecule has 0 aliphatic carbocycles. The normalized spacial score (nSPS) is 12.0. The molecule has 4 nitrogen and oxygen atoms in total. The molecular weight excluding hydrogens is 331 g/mol. The standard InChI is InChI=1S/C14H12Cl2N2O2S/c1-9(21-12-7-2-3-8-18(12)20)14(19)17-13-10(15)5-4-6-11(13)16/h2-9H,1H3,(H,17,19)/t9-/m0/s1. The summed E-state index contributed by atoms with van der Waals surface area (Å²) in [7, 11) is 0. The fourth-order valence-electron chi connectivity index (χ4n) is 1.58. The van der Waals surface area contributed by atoms with Gasteiger partial charge in [-0.2, -0.15) is 4.73 Å². The monoisotopic (exact) mass is 342 g/mol. The van der Waals surface area contributed by atoms with Crippen molar-refractivity contribution in [3.05, 3.63) is 57.8 Å². The van der Waals surface area contributed by atoms with Crippen molar-refractivity contribution >= 4 is 46.6 Å². The minimum atomic E-state index is -0.472. The van der Waals surface area contributed by atoms with Crippen LogP contribution in [-0.2, 0) is 4.79 Å². The van der Waals surface area contributed by atoms with Gasteiger partial charge in [0.2, 0.25) is 5.91 Å². The van der Waals surface area contributed by atoms with Crippen molar-refractivity contribution < 1.29 is 9.52 Å². The number of para-hydroxylation sites is 1. The van der Waals surface area contributed by atoms with E-state index >= 15 is 0 Å². The highest BCUT2D eigenvalue weighted by atomic mass is 35.5. The van der Waals surface area contributed by atoms with Crippen molar-refractivity contribution in [2.24, 2.45) is 0 Å². The summed E-state index contributed by atoms with van der Waals surface area (Å²) in [6, 6.07) is 10.0. The van der Waals surface area contributed by atoms with E-state index in [1.807, 2.05) is 0 Å². The number of amides is 1. The van der Waals surface area contributed by atoms with Crippen LogP contribution in [0.1, 0.15) is 6.92 Å². The van der Waals surface area contributed by atoms with E-state index in [-0.39, 0.29) is 5.91 Å². The smallest absolute Gasteiger partial charge is 0.252 e. The Morgan fingerprint density at radius 3 is 2.52 bits per heavy atom. The maximum Gasteiger partial charge on any atom is 0.252 e. The molecule has 0 saturated carbocycles. The number of aromatic nitrogens is 1. The number of nitrogens with zero attached hydrogens (tertiary/aromatic N) is 1. The van der Waals surface area contributed by atoms with Crippen LogP contribution < -0.4 is 10.0 Å². The number of thioether (sulfide) groups is 1. The molecule has 1 atom stereocenters. The second kappa shape index (κ2) is 7.02. The first-order valence-electron chi connectivity index (χ1n) is 6.09. The van der Waals surface area contributed by atoms with Crippen molar-refractivity contribution in [1.82, 2.24) is 0 Å². The number of carbonyl (C=O) groups excluding carboxylic acids is 1. The summed E-state index contributed by atoms with van der Waals surface area (Å²) in [4.78, 5) is 12.2. The highest BCUT2D eigenvalue weighted by Crippen LogP contribution is 2.31. The van der Waals surface area contributed by atoms with Gasteiger partial charge in [-0.3, -0.25) is 4.79 Å². The van der Waals surface area contributed by atoms with Crippen molar-refractivity contribution in [3.63, 3.8) is 0 Å². The zero-order chi connectivity index (χ0) is 15.4. The van der Waals surface area contributed by atoms with Crippen LogP contribution in [0.2, 0.25) is 10.0 Å². The molecule has 21 heavy (non-hydrogen) atoms. The third kappa shape index (κ3) is 4.03. The lowest BCUT2D eigenvalue weighted by Gasteiger charge is -2.13. The molecule has 1 aromatic heterocycles. The number of nitrogens with one attached hydrogen (secondary N) is 1. The molecule has 0 aliphatic rings. The van der Waals surface area contributed by atoms with Crippen LogP contribution in [0.4, 0.5) is 5.69 Å². The maximum atomic E-state index is 12.2. The first kappa shape index (κ1) is 15.9. The number of rotatable bonds is 4. The molecule has 2 rings (SSSR count). The van der Waals surface area contributed by atoms with E-state index in [4.69, 9.17) is 23.2 Å². The van der Waals surface area contributed by atoms with Crippen molar-refractivity contribution in [3.8, 4) is 0 Å². The van der Waals surface area contributed by atoms with Crippen molar-refractivity contribution in [2.45, 2.75) is 17.2 Å². The molecule has 0 fully saturated rings. The average Bonchev–Trinajstić information content (AvgIpc) is 2.45. The number of anilines is 1. The summed E-state index contributed by atoms with van der Waals surface area (Å²) in [5.41, 5.74) is 0.376. The first-order chi connectivity index (χ1) is 9.99. The Morgan fingerprint density at radius 1 is 1.24 bits per heavy atom. The van der Waals surface area contributed by atoms with Crippen LogP contribution >= 0.6 is 35.0 Å². The third-order valence-corrected chi connectivity index (χ3v) is 4.42. The quantitative estimate of drug-likeness (QED) is 0.523. The molecule has 0 aliphatic heterocycles. The van der Waals surface area contributed by atoms with Crippen LogP contribution in [0.5, 0.6) is 0 Å². The molecule has 110 valence electrons. The van der Waals surface area contributed by atoms with Gasteiger partial charge in [-0.05, 0) is 36.9 Å². The zero-order valence-corrected chi connectivity index (χ0v) is 13.4. The van der Waals surface area contributed by atoms with E-state index in [0.29, 0.717) is 20.8 Å². The number of benzene rings is 1. The molecule has 1 heterocycles. The maximum absolute atomic E-state index is 12.2. The van der Waals surface area contributed by atoms with Crippen LogP contribution in [0, 0.1) is 5.21 Å². The summed E-state index contributed by atoms with van der Waals surface area (Å²) >= 11 is 13.2. The first-order valence-corrected chi connectivity index (χ1v) is 7.72. The van der Waals surface area contributed by atoms with Crippen LogP contribution in [0.15, 0.2) is 47.6 Å². The average molecular weight is 343 g/mol. The van der Waals surface area contributed by atoms with Gasteiger partial charge in [-0.1, -0.05) is 29.3 Å². The molecule has 0 radical (unpaired) electrons. The van der Waals surface area contributed by atoms with Crippen molar-refractivity contribution in [2.75, 3.05) is 5.32 Å². The van der Waals surface area contributed by atoms with E-state index in [1.54, 1.807) is 43.3 Å². The van der Waals surface area contributed by atoms with Crippen LogP contribution in [-0.4, -0.2) is 11.2 Å². The summed E-state index contributed by atoms with van der Waals surface area (Å²) in [6.45, 7) is 1.71. The Bertz CT molecular complexity index is 647. The Kier molecular flexibility index (Phi) is 5.33. The zero-order valence-electron chi connectivity index (χ0n) is 11.0. The van der Waals surface area contributed by atoms with E-state index in [2.05, 4.69) is 5.32 Å². The molecule has 0 unspecified atom stereocenters. The Morgan fingerprint density at radius 2 is 1.90 bits per heavy atom. The molecule has 2 aromatic rings. The predicted octanol–water partition coefficient (Wildman–Crippen LogP) is 3.75. The fraction of sp³-hybridized carbons (Fsp3) is 0.143. The van der Waals surface area contributed by atoms with Gasteiger partial charge in [-0.15, -0.1) is 0 Å². The third-order valence-electron chi connectivity index (χ3n) is 2.67. The lowest BCUT2D eigenvalue weighted by atomic mass is 10.3. The van der Waals surface area contributed by atoms with E-state index in [0.717, 1.165) is 16.5 Å². The van der Waals surface area contributed by atoms with Crippen LogP contribution in [0.25, 0.3) is 0 Å². The number of hydrogen-bond acceptors (Lipinski definition) is 3.